The van der Waals surface area contributed by atoms with Gasteiger partial charge in [-0.15, -0.1) is 0 Å². The van der Waals surface area contributed by atoms with Crippen molar-refractivity contribution >= 4 is 33.9 Å². The van der Waals surface area contributed by atoms with Crippen LogP contribution in [0, 0.1) is 6.92 Å². The highest BCUT2D eigenvalue weighted by molar-refractivity contribution is 7.87. The lowest BCUT2D eigenvalue weighted by Gasteiger charge is -2.25. The maximum Gasteiger partial charge on any atom is 0.422 e. The quantitative estimate of drug-likeness (QED) is 0.346. The Balaban J connectivity index is 2.96. The van der Waals surface area contributed by atoms with Crippen LogP contribution in [0.4, 0.5) is 10.5 Å². The predicted octanol–water partition coefficient (Wildman–Crippen LogP) is 2.20. The maximum absolute atomic E-state index is 12.5. The van der Waals surface area contributed by atoms with Crippen LogP contribution in [0.25, 0.3) is 0 Å². The van der Waals surface area contributed by atoms with Crippen LogP contribution >= 0.6 is 0 Å². The van der Waals surface area contributed by atoms with Gasteiger partial charge in [-0.05, 0) is 72.2 Å². The van der Waals surface area contributed by atoms with Crippen molar-refractivity contribution in [2.24, 2.45) is 0 Å². The summed E-state index contributed by atoms with van der Waals surface area (Å²) in [7, 11) is -4.63. The Morgan fingerprint density at radius 1 is 1.03 bits per heavy atom. The van der Waals surface area contributed by atoms with Crippen molar-refractivity contribution in [3.8, 4) is 5.75 Å². The third-order valence-corrected chi connectivity index (χ3v) is 4.63. The van der Waals surface area contributed by atoms with E-state index in [2.05, 4.69) is 5.43 Å². The molecule has 0 unspecified atom stereocenters. The first-order valence-electron chi connectivity index (χ1n) is 9.85. The van der Waals surface area contributed by atoms with Crippen LogP contribution in [0.15, 0.2) is 18.2 Å². The van der Waals surface area contributed by atoms with Crippen molar-refractivity contribution < 1.29 is 42.1 Å². The van der Waals surface area contributed by atoms with Gasteiger partial charge in [-0.25, -0.2) is 14.3 Å². The number of rotatable bonds is 9. The maximum atomic E-state index is 12.5. The second kappa shape index (κ2) is 10.7. The molecule has 0 atom stereocenters. The van der Waals surface area contributed by atoms with E-state index in [4.69, 9.17) is 19.3 Å². The minimum Gasteiger partial charge on any atom is -0.482 e. The number of carboxylic acids is 1. The first-order valence-corrected chi connectivity index (χ1v) is 11.3. The lowest BCUT2D eigenvalue weighted by atomic mass is 10.2. The van der Waals surface area contributed by atoms with Crippen LogP contribution in [0.2, 0.25) is 0 Å². The Bertz CT molecular complexity index is 979. The molecule has 13 heteroatoms. The number of amides is 1. The van der Waals surface area contributed by atoms with Gasteiger partial charge in [0.1, 0.15) is 23.5 Å². The number of aliphatic carboxylic acids is 1. The van der Waals surface area contributed by atoms with E-state index in [0.717, 1.165) is 0 Å². The van der Waals surface area contributed by atoms with Gasteiger partial charge in [-0.3, -0.25) is 4.79 Å². The van der Waals surface area contributed by atoms with E-state index in [0.29, 0.717) is 15.7 Å². The second-order valence-electron chi connectivity index (χ2n) is 8.97. The summed E-state index contributed by atoms with van der Waals surface area (Å²) < 4.78 is 42.5. The Kier molecular flexibility index (Phi) is 9.07. The Morgan fingerprint density at radius 2 is 1.61 bits per heavy atom. The number of nitrogens with one attached hydrogen (secondary N) is 2. The zero-order valence-electron chi connectivity index (χ0n) is 19.7. The summed E-state index contributed by atoms with van der Waals surface area (Å²) in [6.07, 6.45) is -1.26. The summed E-state index contributed by atoms with van der Waals surface area (Å²) in [5.41, 5.74) is 1.53. The first-order chi connectivity index (χ1) is 14.9. The summed E-state index contributed by atoms with van der Waals surface area (Å²) >= 11 is 0. The van der Waals surface area contributed by atoms with Gasteiger partial charge in [0.05, 0.1) is 5.69 Å². The Hall–Kier alpha value is -3.06. The number of ether oxygens (including phenoxy) is 3. The molecular weight excluding hydrogens is 458 g/mol. The van der Waals surface area contributed by atoms with Crippen molar-refractivity contribution in [1.29, 1.82) is 0 Å². The molecule has 1 aromatic rings. The van der Waals surface area contributed by atoms with Crippen LogP contribution < -0.4 is 14.9 Å². The first kappa shape index (κ1) is 28.0. The average molecular weight is 490 g/mol. The average Bonchev–Trinajstić information content (AvgIpc) is 2.57. The van der Waals surface area contributed by atoms with Gasteiger partial charge in [-0.2, -0.15) is 8.42 Å². The highest BCUT2D eigenvalue weighted by atomic mass is 32.2. The number of aryl methyl sites for hydroxylation is 1. The molecule has 0 radical (unpaired) electrons. The van der Waals surface area contributed by atoms with E-state index in [1.807, 2.05) is 0 Å². The van der Waals surface area contributed by atoms with Crippen LogP contribution in [-0.2, 0) is 29.3 Å². The smallest absolute Gasteiger partial charge is 0.422 e. The molecule has 0 aromatic heterocycles. The normalized spacial score (nSPS) is 12.1. The van der Waals surface area contributed by atoms with E-state index in [9.17, 15) is 22.8 Å². The van der Waals surface area contributed by atoms with Crippen LogP contribution in [0.5, 0.6) is 5.75 Å². The van der Waals surface area contributed by atoms with E-state index >= 15 is 0 Å². The number of anilines is 1. The number of carbonyl (C=O) groups is 3. The number of carboxylic acid groups (broad SMARTS) is 1. The molecule has 0 spiro atoms. The van der Waals surface area contributed by atoms with E-state index in [-0.39, 0.29) is 12.3 Å². The van der Waals surface area contributed by atoms with E-state index < -0.39 is 46.0 Å². The molecule has 1 aromatic carbocycles. The molecule has 0 aliphatic rings. The molecule has 3 N–H and O–H groups in total. The number of carbonyl (C=O) groups excluding carboxylic acids is 2. The summed E-state index contributed by atoms with van der Waals surface area (Å²) in [4.78, 5) is 34.9. The second-order valence-corrected chi connectivity index (χ2v) is 10.6. The lowest BCUT2D eigenvalue weighted by molar-refractivity contribution is -0.157. The fourth-order valence-corrected chi connectivity index (χ4v) is 3.13. The van der Waals surface area contributed by atoms with Gasteiger partial charge in [0.25, 0.3) is 0 Å². The zero-order chi connectivity index (χ0) is 25.6. The standard InChI is InChI=1S/C20H31N3O9S/c1-13-10-14(30-12-17(26)31-19(2,3)4)8-9-15(13)21-23(11-16(24)25)33(28,29)22-18(27)32-20(5,6)7/h8-10,21H,11-12H2,1-7H3,(H,22,27)(H,24,25). The van der Waals surface area contributed by atoms with Crippen molar-refractivity contribution in [3.63, 3.8) is 0 Å². The third kappa shape index (κ3) is 10.9. The van der Waals surface area contributed by atoms with Gasteiger partial charge in [0.15, 0.2) is 6.61 Å². The van der Waals surface area contributed by atoms with Gasteiger partial charge in [0, 0.05) is 0 Å². The van der Waals surface area contributed by atoms with Gasteiger partial charge in [-0.1, -0.05) is 4.41 Å². The van der Waals surface area contributed by atoms with Gasteiger partial charge >= 0.3 is 28.2 Å². The fraction of sp³-hybridized carbons (Fsp3) is 0.550. The van der Waals surface area contributed by atoms with Crippen molar-refractivity contribution in [1.82, 2.24) is 9.14 Å². The molecule has 12 nitrogen and oxygen atoms in total. The van der Waals surface area contributed by atoms with Gasteiger partial charge in [0.2, 0.25) is 0 Å². The van der Waals surface area contributed by atoms with Crippen molar-refractivity contribution in [3.05, 3.63) is 23.8 Å². The Labute approximate surface area is 193 Å². The number of benzene rings is 1. The van der Waals surface area contributed by atoms with E-state index in [1.54, 1.807) is 53.2 Å². The minimum atomic E-state index is -4.63. The number of hydrazine groups is 1. The minimum absolute atomic E-state index is 0.218. The summed E-state index contributed by atoms with van der Waals surface area (Å²) in [6.45, 7) is 10.1. The van der Waals surface area contributed by atoms with Crippen LogP contribution in [0.3, 0.4) is 0 Å². The van der Waals surface area contributed by atoms with Gasteiger partial charge < -0.3 is 24.7 Å². The Morgan fingerprint density at radius 3 is 2.09 bits per heavy atom. The number of hydrogen-bond donors (Lipinski definition) is 3. The molecule has 33 heavy (non-hydrogen) atoms. The highest BCUT2D eigenvalue weighted by Crippen LogP contribution is 2.23. The number of nitrogens with zero attached hydrogens (tertiary/aromatic N) is 1. The molecule has 0 heterocycles. The summed E-state index contributed by atoms with van der Waals surface area (Å²) in [5.74, 6) is -1.72. The lowest BCUT2D eigenvalue weighted by Crippen LogP contribution is -2.49. The van der Waals surface area contributed by atoms with E-state index in [1.165, 1.54) is 18.2 Å². The molecule has 0 saturated carbocycles. The molecule has 186 valence electrons. The molecular formula is C20H31N3O9S. The largest absolute Gasteiger partial charge is 0.482 e. The number of esters is 1. The molecule has 0 saturated heterocycles. The van der Waals surface area contributed by atoms with Crippen LogP contribution in [0.1, 0.15) is 47.1 Å². The molecule has 1 rings (SSSR count). The SMILES string of the molecule is Cc1cc(OCC(=O)OC(C)(C)C)ccc1NN(CC(=O)O)S(=O)(=O)NC(=O)OC(C)(C)C. The molecule has 0 fully saturated rings. The highest BCUT2D eigenvalue weighted by Gasteiger charge is 2.29. The third-order valence-electron chi connectivity index (χ3n) is 3.40. The molecule has 0 aliphatic heterocycles. The topological polar surface area (TPSA) is 161 Å². The number of hydrogen-bond acceptors (Lipinski definition) is 9. The monoisotopic (exact) mass is 489 g/mol. The van der Waals surface area contributed by atoms with Crippen LogP contribution in [-0.4, -0.2) is 60.3 Å². The predicted molar refractivity (Wildman–Crippen MR) is 119 cm³/mol. The summed E-state index contributed by atoms with van der Waals surface area (Å²) in [5, 5.41) is 9.11. The molecule has 0 aliphatic carbocycles. The zero-order valence-corrected chi connectivity index (χ0v) is 20.5. The fourth-order valence-electron chi connectivity index (χ4n) is 2.27. The molecule has 0 bridgehead atoms. The molecule has 1 amide bonds. The van der Waals surface area contributed by atoms with Crippen molar-refractivity contribution in [2.75, 3.05) is 18.6 Å². The van der Waals surface area contributed by atoms with Crippen molar-refractivity contribution in [2.45, 2.75) is 59.7 Å². The summed E-state index contributed by atoms with van der Waals surface area (Å²) in [6, 6.07) is 4.39.